The van der Waals surface area contributed by atoms with E-state index in [1.54, 1.807) is 0 Å². The number of rotatable bonds is 5. The first kappa shape index (κ1) is 16.4. The van der Waals surface area contributed by atoms with Crippen LogP contribution in [0.5, 0.6) is 0 Å². The van der Waals surface area contributed by atoms with Crippen LogP contribution in [0.15, 0.2) is 4.52 Å². The molecule has 6 nitrogen and oxygen atoms in total. The van der Waals surface area contributed by atoms with Crippen molar-refractivity contribution in [1.82, 2.24) is 20.4 Å². The summed E-state index contributed by atoms with van der Waals surface area (Å²) in [7, 11) is 2.04. The number of likely N-dealkylation sites (N-methyl/N-ethyl adjacent to an activating group) is 1. The van der Waals surface area contributed by atoms with E-state index in [2.05, 4.69) is 20.4 Å². The second kappa shape index (κ2) is 7.90. The molecule has 2 heterocycles. The fourth-order valence-electron chi connectivity index (χ4n) is 3.71. The molecule has 23 heavy (non-hydrogen) atoms. The molecule has 1 saturated heterocycles. The smallest absolute Gasteiger partial charge is 0.237 e. The molecular formula is C17H28N4O2. The molecule has 0 aromatic carbocycles. The topological polar surface area (TPSA) is 71.3 Å². The highest BCUT2D eigenvalue weighted by atomic mass is 16.5. The van der Waals surface area contributed by atoms with Crippen LogP contribution in [0.4, 0.5) is 0 Å². The van der Waals surface area contributed by atoms with Crippen LogP contribution in [0.25, 0.3) is 0 Å². The predicted molar refractivity (Wildman–Crippen MR) is 87.1 cm³/mol. The molecule has 2 fully saturated rings. The summed E-state index contributed by atoms with van der Waals surface area (Å²) in [5.41, 5.74) is 0. The zero-order chi connectivity index (χ0) is 16.1. The van der Waals surface area contributed by atoms with Crippen molar-refractivity contribution in [2.24, 2.45) is 0 Å². The van der Waals surface area contributed by atoms with E-state index < -0.39 is 0 Å². The van der Waals surface area contributed by atoms with E-state index in [1.807, 2.05) is 7.05 Å². The van der Waals surface area contributed by atoms with Crippen molar-refractivity contribution in [3.63, 3.8) is 0 Å². The minimum absolute atomic E-state index is 0.0109. The van der Waals surface area contributed by atoms with Gasteiger partial charge in [0, 0.05) is 18.9 Å². The van der Waals surface area contributed by atoms with Gasteiger partial charge in [0.25, 0.3) is 0 Å². The Bertz CT molecular complexity index is 510. The van der Waals surface area contributed by atoms with Crippen molar-refractivity contribution in [1.29, 1.82) is 0 Å². The number of hydrogen-bond acceptors (Lipinski definition) is 5. The molecule has 3 rings (SSSR count). The Morgan fingerprint density at radius 2 is 2.00 bits per heavy atom. The van der Waals surface area contributed by atoms with Crippen LogP contribution in [0, 0.1) is 0 Å². The number of carbonyl (C=O) groups excluding carboxylic acids is 1. The number of nitrogens with one attached hydrogen (secondary N) is 1. The second-order valence-corrected chi connectivity index (χ2v) is 6.92. The molecule has 0 unspecified atom stereocenters. The van der Waals surface area contributed by atoms with Gasteiger partial charge in [-0.15, -0.1) is 0 Å². The number of amides is 1. The summed E-state index contributed by atoms with van der Waals surface area (Å²) in [5, 5.41) is 7.09. The van der Waals surface area contributed by atoms with Gasteiger partial charge in [0.1, 0.15) is 0 Å². The fourth-order valence-corrected chi connectivity index (χ4v) is 3.71. The first-order valence-electron chi connectivity index (χ1n) is 9.04. The Kier molecular flexibility index (Phi) is 5.65. The molecule has 6 heteroatoms. The summed E-state index contributed by atoms with van der Waals surface area (Å²) in [6.07, 6.45) is 9.97. The van der Waals surface area contributed by atoms with Crippen LogP contribution < -0.4 is 5.32 Å². The number of hydrogen-bond donors (Lipinski definition) is 1. The van der Waals surface area contributed by atoms with Gasteiger partial charge in [0.2, 0.25) is 11.8 Å². The lowest BCUT2D eigenvalue weighted by atomic mass is 10.1. The van der Waals surface area contributed by atoms with Crippen LogP contribution in [0.1, 0.15) is 69.0 Å². The predicted octanol–water partition coefficient (Wildman–Crippen LogP) is 2.26. The van der Waals surface area contributed by atoms with Gasteiger partial charge in [-0.2, -0.15) is 4.98 Å². The highest BCUT2D eigenvalue weighted by Gasteiger charge is 2.25. The van der Waals surface area contributed by atoms with E-state index in [-0.39, 0.29) is 11.9 Å². The molecule has 1 N–H and O–H groups in total. The Hall–Kier alpha value is -1.43. The maximum Gasteiger partial charge on any atom is 0.237 e. The van der Waals surface area contributed by atoms with Crippen molar-refractivity contribution >= 4 is 5.91 Å². The van der Waals surface area contributed by atoms with Crippen molar-refractivity contribution in [2.75, 3.05) is 20.1 Å². The van der Waals surface area contributed by atoms with E-state index in [0.717, 1.165) is 38.1 Å². The molecule has 0 radical (unpaired) electrons. The minimum atomic E-state index is 0.0109. The average Bonchev–Trinajstić information content (AvgIpc) is 3.17. The van der Waals surface area contributed by atoms with Crippen LogP contribution >= 0.6 is 0 Å². The Morgan fingerprint density at radius 3 is 2.83 bits per heavy atom. The summed E-state index contributed by atoms with van der Waals surface area (Å²) < 4.78 is 5.37. The maximum atomic E-state index is 12.3. The van der Waals surface area contributed by atoms with E-state index in [4.69, 9.17) is 4.52 Å². The van der Waals surface area contributed by atoms with Gasteiger partial charge >= 0.3 is 0 Å². The Morgan fingerprint density at radius 1 is 1.22 bits per heavy atom. The van der Waals surface area contributed by atoms with Crippen LogP contribution in [-0.4, -0.2) is 47.1 Å². The molecule has 2 aliphatic rings. The molecule has 1 amide bonds. The number of carbonyl (C=O) groups is 1. The number of likely N-dealkylation sites (tertiary alicyclic amines) is 1. The first-order valence-corrected chi connectivity index (χ1v) is 9.04. The quantitative estimate of drug-likeness (QED) is 0.901. The second-order valence-electron chi connectivity index (χ2n) is 6.92. The lowest BCUT2D eigenvalue weighted by molar-refractivity contribution is -0.126. The van der Waals surface area contributed by atoms with Gasteiger partial charge < -0.3 is 9.84 Å². The molecule has 0 spiro atoms. The molecule has 1 aliphatic carbocycles. The van der Waals surface area contributed by atoms with Gasteiger partial charge in [-0.1, -0.05) is 30.8 Å². The van der Waals surface area contributed by atoms with Crippen LogP contribution in [0.3, 0.4) is 0 Å². The van der Waals surface area contributed by atoms with Crippen molar-refractivity contribution in [3.05, 3.63) is 11.7 Å². The SMILES string of the molecule is CN1CCCCC[C@@H]1C(=O)NCCc1noc(C2CCCC2)n1. The van der Waals surface area contributed by atoms with Crippen molar-refractivity contribution < 1.29 is 9.32 Å². The van der Waals surface area contributed by atoms with Gasteiger partial charge in [-0.05, 0) is 39.3 Å². The molecule has 128 valence electrons. The monoisotopic (exact) mass is 320 g/mol. The zero-order valence-electron chi connectivity index (χ0n) is 14.1. The molecule has 1 aliphatic heterocycles. The fraction of sp³-hybridized carbons (Fsp3) is 0.824. The molecule has 1 aromatic heterocycles. The number of aromatic nitrogens is 2. The highest BCUT2D eigenvalue weighted by Crippen LogP contribution is 2.32. The summed E-state index contributed by atoms with van der Waals surface area (Å²) in [6.45, 7) is 1.58. The summed E-state index contributed by atoms with van der Waals surface area (Å²) in [5.74, 6) is 2.08. The Balaban J connectivity index is 1.44. The normalized spacial score (nSPS) is 23.8. The molecule has 1 aromatic rings. The van der Waals surface area contributed by atoms with E-state index >= 15 is 0 Å². The van der Waals surface area contributed by atoms with Crippen molar-refractivity contribution in [2.45, 2.75) is 69.7 Å². The number of nitrogens with zero attached hydrogens (tertiary/aromatic N) is 3. The van der Waals surface area contributed by atoms with Gasteiger partial charge in [-0.3, -0.25) is 9.69 Å². The highest BCUT2D eigenvalue weighted by molar-refractivity contribution is 5.81. The lowest BCUT2D eigenvalue weighted by Gasteiger charge is -2.24. The lowest BCUT2D eigenvalue weighted by Crippen LogP contribution is -2.45. The summed E-state index contributed by atoms with van der Waals surface area (Å²) >= 11 is 0. The third-order valence-electron chi connectivity index (χ3n) is 5.16. The average molecular weight is 320 g/mol. The van der Waals surface area contributed by atoms with E-state index in [9.17, 15) is 4.79 Å². The Labute approximate surface area is 138 Å². The molecule has 1 atom stereocenters. The van der Waals surface area contributed by atoms with Crippen LogP contribution in [-0.2, 0) is 11.2 Å². The maximum absolute atomic E-state index is 12.3. The minimum Gasteiger partial charge on any atom is -0.354 e. The third kappa shape index (κ3) is 4.31. The molecule has 1 saturated carbocycles. The first-order chi connectivity index (χ1) is 11.2. The van der Waals surface area contributed by atoms with E-state index in [0.29, 0.717) is 24.7 Å². The van der Waals surface area contributed by atoms with Crippen LogP contribution in [0.2, 0.25) is 0 Å². The van der Waals surface area contributed by atoms with Crippen molar-refractivity contribution in [3.8, 4) is 0 Å². The summed E-state index contributed by atoms with van der Waals surface area (Å²) in [6, 6.07) is 0.0109. The third-order valence-corrected chi connectivity index (χ3v) is 5.16. The van der Waals surface area contributed by atoms with Gasteiger partial charge in [0.15, 0.2) is 5.82 Å². The standard InChI is InChI=1S/C17H28N4O2/c1-21-12-6-2-3-9-14(21)16(22)18-11-10-15-19-17(23-20-15)13-7-4-5-8-13/h13-14H,2-12H2,1H3,(H,18,22)/t14-/m1/s1. The van der Waals surface area contributed by atoms with Gasteiger partial charge in [0.05, 0.1) is 6.04 Å². The zero-order valence-corrected chi connectivity index (χ0v) is 14.1. The van der Waals surface area contributed by atoms with Gasteiger partial charge in [-0.25, -0.2) is 0 Å². The summed E-state index contributed by atoms with van der Waals surface area (Å²) in [4.78, 5) is 19.0. The largest absolute Gasteiger partial charge is 0.354 e. The molecule has 0 bridgehead atoms. The molecular weight excluding hydrogens is 292 g/mol. The van der Waals surface area contributed by atoms with E-state index in [1.165, 1.54) is 25.7 Å².